The van der Waals surface area contributed by atoms with Crippen LogP contribution in [-0.2, 0) is 22.7 Å². The molecule has 5 aromatic rings. The van der Waals surface area contributed by atoms with Crippen molar-refractivity contribution in [3.63, 3.8) is 0 Å². The summed E-state index contributed by atoms with van der Waals surface area (Å²) < 4.78 is 13.2. The fourth-order valence-electron chi connectivity index (χ4n) is 7.91. The molecule has 3 aliphatic heterocycles. The maximum atomic E-state index is 11.8. The number of fused-ring (bicyclic) bond motifs is 1. The number of rotatable bonds is 10. The number of carbonyl (C=O) groups is 2. The molecule has 15 heteroatoms. The number of likely N-dealkylation sites (tertiary alicyclic amines) is 2. The molecular weight excluding hydrogens is 729 g/mol. The molecule has 0 unspecified atom stereocenters. The Morgan fingerprint density at radius 2 is 1.80 bits per heavy atom. The Morgan fingerprint density at radius 1 is 1.02 bits per heavy atom. The van der Waals surface area contributed by atoms with Crippen LogP contribution in [0.25, 0.3) is 39.3 Å². The largest absolute Gasteiger partial charge is 0.493 e. The predicted molar refractivity (Wildman–Crippen MR) is 205 cm³/mol. The lowest BCUT2D eigenvalue weighted by Crippen LogP contribution is -2.56. The molecule has 0 atom stereocenters. The number of nitrogens with one attached hydrogen (secondary N) is 2. The lowest BCUT2D eigenvalue weighted by molar-refractivity contribution is -0.130. The number of ether oxygens (including phenoxy) is 2. The van der Waals surface area contributed by atoms with Crippen LogP contribution in [0.3, 0.4) is 0 Å². The highest BCUT2D eigenvalue weighted by Crippen LogP contribution is 2.42. The predicted octanol–water partition coefficient (Wildman–Crippen LogP) is 5.27. The summed E-state index contributed by atoms with van der Waals surface area (Å²) in [6.45, 7) is 6.69. The van der Waals surface area contributed by atoms with Gasteiger partial charge in [-0.3, -0.25) is 19.5 Å². The summed E-state index contributed by atoms with van der Waals surface area (Å²) in [6.07, 6.45) is 5.94. The van der Waals surface area contributed by atoms with Crippen LogP contribution in [-0.4, -0.2) is 99.2 Å². The molecule has 3 fully saturated rings. The molecular formula is C39H41Cl2N9O4. The number of nitrogens with zero attached hydrogens (tertiary/aromatic N) is 7. The molecule has 1 aromatic carbocycles. The van der Waals surface area contributed by atoms with Gasteiger partial charge in [-0.05, 0) is 31.0 Å². The summed E-state index contributed by atoms with van der Waals surface area (Å²) >= 11 is 14.3. The summed E-state index contributed by atoms with van der Waals surface area (Å²) in [5, 5.41) is 12.2. The minimum absolute atomic E-state index is 0.0278. The highest BCUT2D eigenvalue weighted by Gasteiger charge is 2.48. The lowest BCUT2D eigenvalue weighted by Gasteiger charge is -2.46. The Morgan fingerprint density at radius 3 is 2.52 bits per heavy atom. The first kappa shape index (κ1) is 36.2. The van der Waals surface area contributed by atoms with Crippen LogP contribution in [0.1, 0.15) is 37.6 Å². The van der Waals surface area contributed by atoms with Crippen molar-refractivity contribution in [3.8, 4) is 45.3 Å². The fourth-order valence-corrected chi connectivity index (χ4v) is 8.56. The van der Waals surface area contributed by atoms with E-state index in [0.29, 0.717) is 81.2 Å². The molecule has 0 radical (unpaired) electrons. The van der Waals surface area contributed by atoms with Crippen LogP contribution in [0.15, 0.2) is 54.9 Å². The minimum Gasteiger partial charge on any atom is -0.493 e. The number of methoxy groups -OCH3 is 2. The number of pyridine rings is 3. The van der Waals surface area contributed by atoms with Gasteiger partial charge in [0.1, 0.15) is 0 Å². The average molecular weight is 771 g/mol. The van der Waals surface area contributed by atoms with Gasteiger partial charge in [0.2, 0.25) is 17.7 Å². The molecule has 0 aliphatic carbocycles. The van der Waals surface area contributed by atoms with Crippen LogP contribution in [0.2, 0.25) is 10.0 Å². The quantitative estimate of drug-likeness (QED) is 0.193. The monoisotopic (exact) mass is 769 g/mol. The Hall–Kier alpha value is -4.82. The van der Waals surface area contributed by atoms with Gasteiger partial charge >= 0.3 is 0 Å². The van der Waals surface area contributed by atoms with Crippen molar-refractivity contribution < 1.29 is 19.1 Å². The smallest absolute Gasteiger partial charge is 0.220 e. The van der Waals surface area contributed by atoms with Crippen LogP contribution < -0.4 is 20.1 Å². The summed E-state index contributed by atoms with van der Waals surface area (Å²) in [7, 11) is 3.21. The summed E-state index contributed by atoms with van der Waals surface area (Å²) in [5.41, 5.74) is 5.64. The van der Waals surface area contributed by atoms with Gasteiger partial charge in [0.25, 0.3) is 0 Å². The molecule has 0 bridgehead atoms. The third-order valence-electron chi connectivity index (χ3n) is 10.7. The lowest BCUT2D eigenvalue weighted by atomic mass is 9.79. The van der Waals surface area contributed by atoms with Gasteiger partial charge in [0, 0.05) is 104 Å². The van der Waals surface area contributed by atoms with Gasteiger partial charge in [-0.15, -0.1) is 5.10 Å². The summed E-state index contributed by atoms with van der Waals surface area (Å²) in [6, 6.07) is 13.8. The second-order valence-corrected chi connectivity index (χ2v) is 15.2. The number of benzene rings is 1. The van der Waals surface area contributed by atoms with Crippen molar-refractivity contribution in [1.29, 1.82) is 0 Å². The van der Waals surface area contributed by atoms with E-state index in [0.717, 1.165) is 62.3 Å². The second-order valence-electron chi connectivity index (χ2n) is 14.4. The number of hydrogen-bond donors (Lipinski definition) is 2. The summed E-state index contributed by atoms with van der Waals surface area (Å²) in [5.74, 6) is 1.96. The second kappa shape index (κ2) is 14.8. The van der Waals surface area contributed by atoms with E-state index < -0.39 is 0 Å². The van der Waals surface area contributed by atoms with Crippen LogP contribution >= 0.6 is 23.2 Å². The van der Waals surface area contributed by atoms with Crippen molar-refractivity contribution in [2.75, 3.05) is 46.9 Å². The minimum atomic E-state index is 0.0278. The van der Waals surface area contributed by atoms with Crippen LogP contribution in [0.4, 0.5) is 0 Å². The van der Waals surface area contributed by atoms with E-state index in [2.05, 4.69) is 20.5 Å². The molecule has 2 amide bonds. The number of halogens is 2. The Kier molecular flexibility index (Phi) is 9.90. The fraction of sp³-hybridized carbons (Fsp3) is 0.385. The summed E-state index contributed by atoms with van der Waals surface area (Å²) in [4.78, 5) is 41.9. The highest BCUT2D eigenvalue weighted by atomic mass is 35.5. The maximum Gasteiger partial charge on any atom is 0.220 e. The highest BCUT2D eigenvalue weighted by molar-refractivity contribution is 6.39. The standard InChI is InChI=1S/C39H41Cl2N9O4/c1-23(51)49-13-10-26(11-14-49)43-17-24-7-8-30(45-38(24)54-3)29-6-4-5-27(34(29)40)28-9-12-42-36(35(28)41)25-15-31(53-2)37-46-32(47-50(37)18-25)19-48-21-39(22-48)16-33(52)44-20-39/h4-9,12,15,18,26,43H,10-11,13-14,16-17,19-22H2,1-3H3,(H,44,52). The maximum absolute atomic E-state index is 11.8. The molecule has 3 aliphatic rings. The van der Waals surface area contributed by atoms with Crippen molar-refractivity contribution in [1.82, 2.24) is 45.0 Å². The molecule has 13 nitrogen and oxygen atoms in total. The van der Waals surface area contributed by atoms with Crippen molar-refractivity contribution >= 4 is 40.7 Å². The molecule has 3 saturated heterocycles. The van der Waals surface area contributed by atoms with Gasteiger partial charge in [-0.2, -0.15) is 0 Å². The first-order valence-corrected chi connectivity index (χ1v) is 18.8. The zero-order valence-electron chi connectivity index (χ0n) is 30.4. The van der Waals surface area contributed by atoms with E-state index in [9.17, 15) is 9.59 Å². The van der Waals surface area contributed by atoms with E-state index in [1.54, 1.807) is 31.9 Å². The molecule has 280 valence electrons. The SMILES string of the molecule is COc1nc(-c2cccc(-c3ccnc(-c4cc(OC)c5nc(CN6CC7(CNC(=O)C7)C6)nn5c4)c3Cl)c2Cl)ccc1CNC1CCN(C(C)=O)CC1. The first-order chi connectivity index (χ1) is 26.1. The zero-order chi connectivity index (χ0) is 37.6. The molecule has 7 heterocycles. The van der Waals surface area contributed by atoms with Gasteiger partial charge in [0.05, 0.1) is 42.2 Å². The van der Waals surface area contributed by atoms with E-state index >= 15 is 0 Å². The van der Waals surface area contributed by atoms with Crippen molar-refractivity contribution in [3.05, 3.63) is 76.3 Å². The molecule has 4 aromatic heterocycles. The Balaban J connectivity index is 1.02. The van der Waals surface area contributed by atoms with Gasteiger partial charge < -0.3 is 25.0 Å². The van der Waals surface area contributed by atoms with Crippen LogP contribution in [0, 0.1) is 5.41 Å². The number of hydrogen-bond acceptors (Lipinski definition) is 10. The molecule has 54 heavy (non-hydrogen) atoms. The number of carbonyl (C=O) groups excluding carboxylic acids is 2. The van der Waals surface area contributed by atoms with E-state index in [4.69, 9.17) is 47.7 Å². The first-order valence-electron chi connectivity index (χ1n) is 18.0. The van der Waals surface area contributed by atoms with Crippen LogP contribution in [0.5, 0.6) is 11.6 Å². The molecule has 8 rings (SSSR count). The van der Waals surface area contributed by atoms with Crippen molar-refractivity contribution in [2.45, 2.75) is 45.3 Å². The number of amides is 2. The molecule has 2 N–H and O–H groups in total. The van der Waals surface area contributed by atoms with Crippen molar-refractivity contribution in [2.24, 2.45) is 5.41 Å². The van der Waals surface area contributed by atoms with Gasteiger partial charge in [0.15, 0.2) is 17.2 Å². The number of piperidine rings is 1. The normalized spacial score (nSPS) is 17.2. The average Bonchev–Trinajstić information content (AvgIpc) is 3.77. The third-order valence-corrected chi connectivity index (χ3v) is 11.5. The topological polar surface area (TPSA) is 139 Å². The zero-order valence-corrected chi connectivity index (χ0v) is 31.9. The number of aromatic nitrogens is 5. The molecule has 1 spiro atoms. The third kappa shape index (κ3) is 6.97. The van der Waals surface area contributed by atoms with E-state index in [1.165, 1.54) is 0 Å². The molecule has 0 saturated carbocycles. The Bertz CT molecular complexity index is 2250. The Labute approximate surface area is 323 Å². The van der Waals surface area contributed by atoms with Gasteiger partial charge in [-0.25, -0.2) is 14.5 Å². The van der Waals surface area contributed by atoms with E-state index in [-0.39, 0.29) is 17.2 Å². The van der Waals surface area contributed by atoms with E-state index in [1.807, 2.05) is 53.6 Å². The van der Waals surface area contributed by atoms with Gasteiger partial charge in [-0.1, -0.05) is 47.5 Å².